The number of pyridine rings is 1. The van der Waals surface area contributed by atoms with Crippen molar-refractivity contribution in [2.75, 3.05) is 18.4 Å². The van der Waals surface area contributed by atoms with Crippen molar-refractivity contribution in [1.29, 1.82) is 0 Å². The van der Waals surface area contributed by atoms with Gasteiger partial charge in [0, 0.05) is 10.6 Å². The maximum absolute atomic E-state index is 12.9. The van der Waals surface area contributed by atoms with Crippen LogP contribution in [0.2, 0.25) is 5.02 Å². The molecule has 1 aromatic heterocycles. The number of sulfonamides is 1. The van der Waals surface area contributed by atoms with E-state index < -0.39 is 16.1 Å². The lowest BCUT2D eigenvalue weighted by Crippen LogP contribution is -2.41. The fourth-order valence-corrected chi connectivity index (χ4v) is 4.48. The Kier molecular flexibility index (Phi) is 6.80. The van der Waals surface area contributed by atoms with Crippen LogP contribution in [-0.2, 0) is 21.3 Å². The number of hydrogen-bond acceptors (Lipinski definition) is 7. The maximum Gasteiger partial charge on any atom is 0.410 e. The topological polar surface area (TPSA) is 107 Å². The molecule has 1 amide bonds. The van der Waals surface area contributed by atoms with Gasteiger partial charge in [-0.05, 0) is 45.0 Å². The molecule has 0 radical (unpaired) electrons. The summed E-state index contributed by atoms with van der Waals surface area (Å²) in [6.07, 6.45) is 0.598. The van der Waals surface area contributed by atoms with E-state index in [-0.39, 0.29) is 46.7 Å². The number of hydrogen-bond donors (Lipinski definition) is 1. The van der Waals surface area contributed by atoms with E-state index in [0.29, 0.717) is 11.4 Å². The van der Waals surface area contributed by atoms with Gasteiger partial charge in [-0.1, -0.05) is 11.6 Å². The lowest BCUT2D eigenvalue weighted by atomic mass is 10.2. The van der Waals surface area contributed by atoms with Crippen molar-refractivity contribution < 1.29 is 27.4 Å². The van der Waals surface area contributed by atoms with Crippen LogP contribution in [0.15, 0.2) is 35.4 Å². The quantitative estimate of drug-likeness (QED) is 0.711. The molecular weight excluding hydrogens is 446 g/mol. The smallest absolute Gasteiger partial charge is 0.410 e. The number of carbonyl (C=O) groups is 1. The Labute approximate surface area is 186 Å². The number of rotatable bonds is 5. The summed E-state index contributed by atoms with van der Waals surface area (Å²) in [6, 6.07) is 5.63. The maximum atomic E-state index is 12.9. The largest absolute Gasteiger partial charge is 0.495 e. The van der Waals surface area contributed by atoms with Gasteiger partial charge in [-0.15, -0.1) is 0 Å². The average Bonchev–Trinajstić information content (AvgIpc) is 2.86. The van der Waals surface area contributed by atoms with Crippen LogP contribution in [0.4, 0.5) is 10.5 Å². The van der Waals surface area contributed by atoms with Crippen molar-refractivity contribution in [3.05, 3.63) is 41.0 Å². The highest BCUT2D eigenvalue weighted by Crippen LogP contribution is 2.31. The van der Waals surface area contributed by atoms with Gasteiger partial charge in [0.2, 0.25) is 5.88 Å². The van der Waals surface area contributed by atoms with Gasteiger partial charge in [0.25, 0.3) is 10.0 Å². The number of nitrogens with zero attached hydrogens (tertiary/aromatic N) is 2. The number of amides is 1. The molecule has 2 aromatic rings. The minimum absolute atomic E-state index is 0.107. The van der Waals surface area contributed by atoms with Crippen LogP contribution in [-0.4, -0.2) is 50.3 Å². The zero-order valence-electron chi connectivity index (χ0n) is 17.6. The number of aromatic nitrogens is 1. The van der Waals surface area contributed by atoms with Gasteiger partial charge < -0.3 is 14.2 Å². The fourth-order valence-electron chi connectivity index (χ4n) is 3.01. The van der Waals surface area contributed by atoms with Gasteiger partial charge in [-0.2, -0.15) is 0 Å². The molecule has 1 aliphatic rings. The summed E-state index contributed by atoms with van der Waals surface area (Å²) in [4.78, 5) is 18.1. The Hall–Kier alpha value is -2.72. The molecule has 0 spiro atoms. The Morgan fingerprint density at radius 1 is 1.35 bits per heavy atom. The normalized spacial score (nSPS) is 16.2. The first kappa shape index (κ1) is 23.0. The molecule has 1 aliphatic heterocycles. The highest BCUT2D eigenvalue weighted by Gasteiger charge is 2.29. The van der Waals surface area contributed by atoms with E-state index >= 15 is 0 Å². The second-order valence-electron chi connectivity index (χ2n) is 7.31. The minimum Gasteiger partial charge on any atom is -0.495 e. The Bertz CT molecular complexity index is 1080. The molecule has 3 rings (SSSR count). The number of halogens is 1. The van der Waals surface area contributed by atoms with Crippen LogP contribution in [0.5, 0.6) is 11.6 Å². The van der Waals surface area contributed by atoms with Crippen molar-refractivity contribution in [3.8, 4) is 11.6 Å². The number of nitrogens with one attached hydrogen (secondary N) is 1. The van der Waals surface area contributed by atoms with Crippen molar-refractivity contribution >= 4 is 33.4 Å². The monoisotopic (exact) mass is 469 g/mol. The molecule has 0 aliphatic carbocycles. The van der Waals surface area contributed by atoms with Crippen LogP contribution < -0.4 is 14.2 Å². The minimum atomic E-state index is -4.02. The van der Waals surface area contributed by atoms with Crippen LogP contribution in [0, 0.1) is 0 Å². The summed E-state index contributed by atoms with van der Waals surface area (Å²) in [5, 5.41) is 0.253. The van der Waals surface area contributed by atoms with E-state index in [1.54, 1.807) is 19.9 Å². The number of ether oxygens (including phenoxy) is 3. The van der Waals surface area contributed by atoms with E-state index in [1.165, 1.54) is 36.4 Å². The van der Waals surface area contributed by atoms with Crippen LogP contribution >= 0.6 is 11.6 Å². The molecule has 0 unspecified atom stereocenters. The van der Waals surface area contributed by atoms with Crippen molar-refractivity contribution in [2.45, 2.75) is 44.4 Å². The third-order valence-electron chi connectivity index (χ3n) is 4.50. The van der Waals surface area contributed by atoms with Crippen molar-refractivity contribution in [3.63, 3.8) is 0 Å². The predicted octanol–water partition coefficient (Wildman–Crippen LogP) is 3.67. The van der Waals surface area contributed by atoms with E-state index in [1.807, 2.05) is 6.92 Å². The predicted molar refractivity (Wildman–Crippen MR) is 115 cm³/mol. The zero-order valence-corrected chi connectivity index (χ0v) is 19.2. The van der Waals surface area contributed by atoms with E-state index in [4.69, 9.17) is 25.8 Å². The molecule has 168 valence electrons. The van der Waals surface area contributed by atoms with Crippen LogP contribution in [0.1, 0.15) is 26.3 Å². The zero-order chi connectivity index (χ0) is 22.8. The van der Waals surface area contributed by atoms with Crippen molar-refractivity contribution in [2.24, 2.45) is 0 Å². The first-order valence-electron chi connectivity index (χ1n) is 9.56. The van der Waals surface area contributed by atoms with Gasteiger partial charge in [-0.3, -0.25) is 9.62 Å². The average molecular weight is 470 g/mol. The SMILES string of the molecule is COc1ccc(Cl)cc1S(=O)(=O)Nc1cnc2c(c1)CN(C(=O)OC(C)C)[C@H](C)CO2. The van der Waals surface area contributed by atoms with E-state index in [9.17, 15) is 13.2 Å². The van der Waals surface area contributed by atoms with Gasteiger partial charge in [-0.25, -0.2) is 18.2 Å². The first-order valence-corrected chi connectivity index (χ1v) is 11.4. The highest BCUT2D eigenvalue weighted by molar-refractivity contribution is 7.92. The summed E-state index contributed by atoms with van der Waals surface area (Å²) < 4.78 is 44.5. The van der Waals surface area contributed by atoms with E-state index in [2.05, 4.69) is 9.71 Å². The molecule has 0 saturated carbocycles. The Morgan fingerprint density at radius 3 is 2.77 bits per heavy atom. The number of anilines is 1. The third-order valence-corrected chi connectivity index (χ3v) is 6.14. The number of benzene rings is 1. The Balaban J connectivity index is 1.89. The number of methoxy groups -OCH3 is 1. The molecule has 0 bridgehead atoms. The summed E-state index contributed by atoms with van der Waals surface area (Å²) in [5.74, 6) is 0.481. The number of fused-ring (bicyclic) bond motifs is 1. The molecule has 2 heterocycles. The van der Waals surface area contributed by atoms with Gasteiger partial charge >= 0.3 is 6.09 Å². The molecular formula is C20H24ClN3O6S. The van der Waals surface area contributed by atoms with Crippen LogP contribution in [0.3, 0.4) is 0 Å². The molecule has 1 aromatic carbocycles. The lowest BCUT2D eigenvalue weighted by molar-refractivity contribution is 0.0579. The highest BCUT2D eigenvalue weighted by atomic mass is 35.5. The van der Waals surface area contributed by atoms with Crippen LogP contribution in [0.25, 0.3) is 0 Å². The third kappa shape index (κ3) is 5.31. The molecule has 31 heavy (non-hydrogen) atoms. The summed E-state index contributed by atoms with van der Waals surface area (Å²) in [7, 11) is -2.65. The molecule has 0 fully saturated rings. The van der Waals surface area contributed by atoms with Gasteiger partial charge in [0.05, 0.1) is 37.7 Å². The standard InChI is InChI=1S/C20H24ClN3O6S/c1-12(2)30-20(25)24-10-14-7-16(9-22-19(14)29-11-13(24)3)23-31(26,27)18-8-15(21)5-6-17(18)28-4/h5-9,12-13,23H,10-11H2,1-4H3/t13-/m1/s1. The summed E-state index contributed by atoms with van der Waals surface area (Å²) >= 11 is 5.97. The molecule has 9 nitrogen and oxygen atoms in total. The van der Waals surface area contributed by atoms with Gasteiger partial charge in [0.15, 0.2) is 0 Å². The summed E-state index contributed by atoms with van der Waals surface area (Å²) in [6.45, 7) is 5.76. The summed E-state index contributed by atoms with van der Waals surface area (Å²) in [5.41, 5.74) is 0.749. The first-order chi connectivity index (χ1) is 14.6. The molecule has 11 heteroatoms. The molecule has 0 saturated heterocycles. The van der Waals surface area contributed by atoms with Gasteiger partial charge in [0.1, 0.15) is 17.3 Å². The molecule has 1 N–H and O–H groups in total. The second kappa shape index (κ2) is 9.19. The fraction of sp³-hybridized carbons (Fsp3) is 0.400. The molecule has 1 atom stereocenters. The second-order valence-corrected chi connectivity index (χ2v) is 9.40. The lowest BCUT2D eigenvalue weighted by Gasteiger charge is -2.26. The van der Waals surface area contributed by atoms with Crippen molar-refractivity contribution in [1.82, 2.24) is 9.88 Å². The number of carbonyl (C=O) groups excluding carboxylic acids is 1. The Morgan fingerprint density at radius 2 is 2.10 bits per heavy atom. The van der Waals surface area contributed by atoms with E-state index in [0.717, 1.165) is 0 Å².